The fourth-order valence-corrected chi connectivity index (χ4v) is 2.76. The summed E-state index contributed by atoms with van der Waals surface area (Å²) >= 11 is 0. The van der Waals surface area contributed by atoms with Gasteiger partial charge in [-0.25, -0.2) is 4.98 Å². The number of rotatable bonds is 3. The van der Waals surface area contributed by atoms with E-state index in [0.29, 0.717) is 6.04 Å². The van der Waals surface area contributed by atoms with Gasteiger partial charge in [0, 0.05) is 24.4 Å². The zero-order chi connectivity index (χ0) is 14.1. The van der Waals surface area contributed by atoms with E-state index in [9.17, 15) is 4.79 Å². The van der Waals surface area contributed by atoms with Gasteiger partial charge in [-0.1, -0.05) is 0 Å². The van der Waals surface area contributed by atoms with Gasteiger partial charge >= 0.3 is 0 Å². The van der Waals surface area contributed by atoms with Crippen LogP contribution in [0, 0.1) is 12.8 Å². The molecular weight excluding hydrogens is 256 g/mol. The molecule has 3 rings (SSSR count). The molecule has 3 N–H and O–H groups in total. The van der Waals surface area contributed by atoms with E-state index in [1.807, 2.05) is 17.5 Å². The number of nitrogens with two attached hydrogens (primary N) is 1. The van der Waals surface area contributed by atoms with E-state index in [1.54, 1.807) is 6.20 Å². The highest BCUT2D eigenvalue weighted by Gasteiger charge is 2.25. The van der Waals surface area contributed by atoms with Gasteiger partial charge in [0.1, 0.15) is 5.82 Å². The summed E-state index contributed by atoms with van der Waals surface area (Å²) in [6, 6.07) is 0.307. The minimum atomic E-state index is -0.184. The number of nitrogens with zero attached hydrogens (tertiary/aromatic N) is 4. The molecule has 1 fully saturated rings. The maximum absolute atomic E-state index is 11.2. The number of hydrogen-bond donors (Lipinski definition) is 2. The molecule has 0 spiro atoms. The highest BCUT2D eigenvalue weighted by Crippen LogP contribution is 2.26. The third-order valence-corrected chi connectivity index (χ3v) is 3.97. The molecule has 0 saturated heterocycles. The van der Waals surface area contributed by atoms with E-state index < -0.39 is 0 Å². The molecule has 1 aliphatic rings. The van der Waals surface area contributed by atoms with Gasteiger partial charge in [0.25, 0.3) is 0 Å². The Kier molecular flexibility index (Phi) is 3.25. The van der Waals surface area contributed by atoms with Crippen molar-refractivity contribution >= 4 is 17.4 Å². The quantitative estimate of drug-likeness (QED) is 0.866. The molecule has 0 radical (unpaired) electrons. The minimum Gasteiger partial charge on any atom is -0.369 e. The number of aryl methyl sites for hydroxylation is 1. The van der Waals surface area contributed by atoms with Crippen LogP contribution in [-0.2, 0) is 4.79 Å². The molecule has 0 atom stereocenters. The van der Waals surface area contributed by atoms with E-state index >= 15 is 0 Å². The summed E-state index contributed by atoms with van der Waals surface area (Å²) in [7, 11) is 0. The molecule has 2 heterocycles. The van der Waals surface area contributed by atoms with E-state index in [0.717, 1.165) is 43.0 Å². The summed E-state index contributed by atoms with van der Waals surface area (Å²) in [6.45, 7) is 1.90. The minimum absolute atomic E-state index is 0.0205. The first kappa shape index (κ1) is 12.8. The van der Waals surface area contributed by atoms with Crippen molar-refractivity contribution < 1.29 is 4.79 Å². The molecule has 7 nitrogen and oxygen atoms in total. The number of fused-ring (bicyclic) bond motifs is 1. The van der Waals surface area contributed by atoms with E-state index in [-0.39, 0.29) is 11.8 Å². The Labute approximate surface area is 116 Å². The Morgan fingerprint density at radius 2 is 2.10 bits per heavy atom. The SMILES string of the molecule is Cc1nnc2c(NC3CCC(C(N)=O)CC3)nccn12. The van der Waals surface area contributed by atoms with Crippen molar-refractivity contribution in [3.63, 3.8) is 0 Å². The van der Waals surface area contributed by atoms with Crippen molar-refractivity contribution in [1.82, 2.24) is 19.6 Å². The first-order chi connectivity index (χ1) is 9.65. The number of carbonyl (C=O) groups is 1. The highest BCUT2D eigenvalue weighted by atomic mass is 16.1. The van der Waals surface area contributed by atoms with Crippen LogP contribution in [0.25, 0.3) is 5.65 Å². The predicted octanol–water partition coefficient (Wildman–Crippen LogP) is 0.889. The third kappa shape index (κ3) is 2.31. The fraction of sp³-hybridized carbons (Fsp3) is 0.538. The smallest absolute Gasteiger partial charge is 0.220 e. The molecule has 1 amide bonds. The summed E-state index contributed by atoms with van der Waals surface area (Å²) < 4.78 is 1.91. The van der Waals surface area contributed by atoms with Gasteiger partial charge in [-0.15, -0.1) is 10.2 Å². The van der Waals surface area contributed by atoms with Crippen molar-refractivity contribution in [2.75, 3.05) is 5.32 Å². The first-order valence-corrected chi connectivity index (χ1v) is 6.87. The molecule has 7 heteroatoms. The number of primary amides is 1. The standard InChI is InChI=1S/C13H18N6O/c1-8-17-18-13-12(15-6-7-19(8)13)16-10-4-2-9(3-5-10)11(14)20/h6-7,9-10H,2-5H2,1H3,(H2,14,20)(H,15,16). The maximum Gasteiger partial charge on any atom is 0.220 e. The number of amides is 1. The highest BCUT2D eigenvalue weighted by molar-refractivity contribution is 5.76. The molecule has 0 bridgehead atoms. The zero-order valence-electron chi connectivity index (χ0n) is 11.4. The van der Waals surface area contributed by atoms with Crippen molar-refractivity contribution in [2.45, 2.75) is 38.6 Å². The van der Waals surface area contributed by atoms with Gasteiger partial charge in [0.05, 0.1) is 0 Å². The van der Waals surface area contributed by atoms with Gasteiger partial charge in [-0.2, -0.15) is 0 Å². The molecule has 0 aliphatic heterocycles. The average molecular weight is 274 g/mol. The van der Waals surface area contributed by atoms with Crippen molar-refractivity contribution in [1.29, 1.82) is 0 Å². The second kappa shape index (κ2) is 5.07. The van der Waals surface area contributed by atoms with Gasteiger partial charge in [-0.05, 0) is 32.6 Å². The summed E-state index contributed by atoms with van der Waals surface area (Å²) in [4.78, 5) is 15.5. The molecule has 106 valence electrons. The van der Waals surface area contributed by atoms with Crippen LogP contribution in [0.1, 0.15) is 31.5 Å². The summed E-state index contributed by atoms with van der Waals surface area (Å²) in [5, 5.41) is 11.6. The predicted molar refractivity (Wildman–Crippen MR) is 74.1 cm³/mol. The van der Waals surface area contributed by atoms with Crippen molar-refractivity contribution in [3.05, 3.63) is 18.2 Å². The van der Waals surface area contributed by atoms with E-state index in [2.05, 4.69) is 20.5 Å². The topological polar surface area (TPSA) is 98.2 Å². The number of hydrogen-bond acceptors (Lipinski definition) is 5. The lowest BCUT2D eigenvalue weighted by Gasteiger charge is -2.27. The number of carbonyl (C=O) groups excluding carboxylic acids is 1. The van der Waals surface area contributed by atoms with Crippen LogP contribution in [0.2, 0.25) is 0 Å². The lowest BCUT2D eigenvalue weighted by atomic mass is 9.85. The Balaban J connectivity index is 1.73. The normalized spacial score (nSPS) is 22.9. The summed E-state index contributed by atoms with van der Waals surface area (Å²) in [5.41, 5.74) is 6.09. The summed E-state index contributed by atoms with van der Waals surface area (Å²) in [6.07, 6.45) is 7.09. The Bertz CT molecular complexity index is 629. The van der Waals surface area contributed by atoms with Crippen LogP contribution >= 0.6 is 0 Å². The van der Waals surface area contributed by atoms with Gasteiger partial charge in [0.15, 0.2) is 5.82 Å². The van der Waals surface area contributed by atoms with Crippen LogP contribution < -0.4 is 11.1 Å². The van der Waals surface area contributed by atoms with Crippen molar-refractivity contribution in [2.24, 2.45) is 11.7 Å². The Morgan fingerprint density at radius 3 is 2.80 bits per heavy atom. The number of nitrogens with one attached hydrogen (secondary N) is 1. The van der Waals surface area contributed by atoms with Crippen LogP contribution in [0.5, 0.6) is 0 Å². The molecule has 1 saturated carbocycles. The van der Waals surface area contributed by atoms with Gasteiger partial charge in [-0.3, -0.25) is 9.20 Å². The largest absolute Gasteiger partial charge is 0.369 e. The summed E-state index contributed by atoms with van der Waals surface area (Å²) in [5.74, 6) is 1.42. The lowest BCUT2D eigenvalue weighted by molar-refractivity contribution is -0.122. The van der Waals surface area contributed by atoms with Gasteiger partial charge < -0.3 is 11.1 Å². The van der Waals surface area contributed by atoms with Gasteiger partial charge in [0.2, 0.25) is 11.6 Å². The first-order valence-electron chi connectivity index (χ1n) is 6.87. The van der Waals surface area contributed by atoms with E-state index in [4.69, 9.17) is 5.73 Å². The molecular formula is C13H18N6O. The van der Waals surface area contributed by atoms with Crippen LogP contribution in [-0.4, -0.2) is 31.5 Å². The fourth-order valence-electron chi connectivity index (χ4n) is 2.76. The third-order valence-electron chi connectivity index (χ3n) is 3.97. The molecule has 2 aromatic heterocycles. The second-order valence-electron chi connectivity index (χ2n) is 5.31. The molecule has 1 aliphatic carbocycles. The molecule has 20 heavy (non-hydrogen) atoms. The van der Waals surface area contributed by atoms with Crippen molar-refractivity contribution in [3.8, 4) is 0 Å². The molecule has 0 unspecified atom stereocenters. The zero-order valence-corrected chi connectivity index (χ0v) is 11.4. The molecule has 2 aromatic rings. The van der Waals surface area contributed by atoms with Crippen LogP contribution in [0.3, 0.4) is 0 Å². The number of anilines is 1. The number of aromatic nitrogens is 4. The van der Waals surface area contributed by atoms with E-state index in [1.165, 1.54) is 0 Å². The Morgan fingerprint density at radius 1 is 1.35 bits per heavy atom. The lowest BCUT2D eigenvalue weighted by Crippen LogP contribution is -2.32. The monoisotopic (exact) mass is 274 g/mol. The van der Waals surface area contributed by atoms with Crippen LogP contribution in [0.15, 0.2) is 12.4 Å². The average Bonchev–Trinajstić information content (AvgIpc) is 2.82. The second-order valence-corrected chi connectivity index (χ2v) is 5.31. The van der Waals surface area contributed by atoms with Crippen LogP contribution in [0.4, 0.5) is 5.82 Å². The Hall–Kier alpha value is -2.18. The molecule has 0 aromatic carbocycles. The maximum atomic E-state index is 11.2.